The lowest BCUT2D eigenvalue weighted by molar-refractivity contribution is -0.124. The summed E-state index contributed by atoms with van der Waals surface area (Å²) in [6.07, 6.45) is 0.902. The first-order valence-electron chi connectivity index (χ1n) is 10.5. The standard InChI is InChI=1S/C23H24ClFN6O2/c1-12-7-14(9-16(25)8-12)10-27-21-23(33)31-17(20(24)30-21)4-5-18(31)22(32)28-11-15-3-6-19(26)29-13(15)2/h3,6-9,18H,4-5,10-11H2,1-2H3,(H2,26,29)(H,27,30)(H,28,32). The summed E-state index contributed by atoms with van der Waals surface area (Å²) >= 11 is 6.33. The summed E-state index contributed by atoms with van der Waals surface area (Å²) in [6, 6.07) is 7.40. The van der Waals surface area contributed by atoms with E-state index in [-0.39, 0.29) is 35.8 Å². The summed E-state index contributed by atoms with van der Waals surface area (Å²) in [5.74, 6) is -0.217. The highest BCUT2D eigenvalue weighted by Crippen LogP contribution is 2.29. The minimum Gasteiger partial charge on any atom is -0.384 e. The molecule has 1 amide bonds. The number of aromatic nitrogens is 3. The van der Waals surface area contributed by atoms with Crippen molar-refractivity contribution < 1.29 is 9.18 Å². The van der Waals surface area contributed by atoms with E-state index in [9.17, 15) is 14.0 Å². The topological polar surface area (TPSA) is 115 Å². The fraction of sp³-hybridized carbons (Fsp3) is 0.304. The number of amides is 1. The molecule has 2 aromatic heterocycles. The summed E-state index contributed by atoms with van der Waals surface area (Å²) in [4.78, 5) is 34.5. The molecule has 1 unspecified atom stereocenters. The molecule has 1 aliphatic rings. The number of hydrogen-bond donors (Lipinski definition) is 3. The van der Waals surface area contributed by atoms with Crippen molar-refractivity contribution in [3.05, 3.63) is 79.7 Å². The van der Waals surface area contributed by atoms with Crippen LogP contribution in [0, 0.1) is 19.7 Å². The van der Waals surface area contributed by atoms with E-state index in [0.29, 0.717) is 29.9 Å². The molecule has 172 valence electrons. The first-order valence-corrected chi connectivity index (χ1v) is 10.9. The number of carbonyl (C=O) groups is 1. The number of anilines is 2. The molecular formula is C23H24ClFN6O2. The number of nitrogens with zero attached hydrogens (tertiary/aromatic N) is 3. The number of pyridine rings is 1. The fourth-order valence-corrected chi connectivity index (χ4v) is 4.33. The summed E-state index contributed by atoms with van der Waals surface area (Å²) in [5, 5.41) is 5.98. The number of nitrogen functional groups attached to an aromatic ring is 1. The van der Waals surface area contributed by atoms with Crippen molar-refractivity contribution in [2.45, 2.75) is 45.8 Å². The lowest BCUT2D eigenvalue weighted by Crippen LogP contribution is -2.36. The van der Waals surface area contributed by atoms with E-state index in [2.05, 4.69) is 20.6 Å². The third-order valence-corrected chi connectivity index (χ3v) is 5.96. The molecule has 4 rings (SSSR count). The van der Waals surface area contributed by atoms with E-state index in [1.54, 1.807) is 13.0 Å². The molecule has 3 heterocycles. The van der Waals surface area contributed by atoms with Gasteiger partial charge in [0.2, 0.25) is 5.91 Å². The lowest BCUT2D eigenvalue weighted by atomic mass is 10.1. The Morgan fingerprint density at radius 1 is 1.24 bits per heavy atom. The van der Waals surface area contributed by atoms with Gasteiger partial charge in [-0.25, -0.2) is 14.4 Å². The number of halogens is 2. The highest BCUT2D eigenvalue weighted by atomic mass is 35.5. The largest absolute Gasteiger partial charge is 0.384 e. The van der Waals surface area contributed by atoms with E-state index in [0.717, 1.165) is 16.8 Å². The molecule has 8 nitrogen and oxygen atoms in total. The van der Waals surface area contributed by atoms with Crippen LogP contribution in [0.25, 0.3) is 0 Å². The van der Waals surface area contributed by atoms with Gasteiger partial charge in [-0.1, -0.05) is 23.7 Å². The Labute approximate surface area is 195 Å². The van der Waals surface area contributed by atoms with Crippen LogP contribution in [0.2, 0.25) is 5.15 Å². The van der Waals surface area contributed by atoms with Crippen molar-refractivity contribution in [2.24, 2.45) is 0 Å². The van der Waals surface area contributed by atoms with E-state index < -0.39 is 11.6 Å². The Kier molecular flexibility index (Phi) is 6.33. The van der Waals surface area contributed by atoms with Gasteiger partial charge in [-0.3, -0.25) is 14.2 Å². The molecule has 0 aliphatic carbocycles. The van der Waals surface area contributed by atoms with Gasteiger partial charge < -0.3 is 16.4 Å². The number of hydrogen-bond acceptors (Lipinski definition) is 6. The van der Waals surface area contributed by atoms with Gasteiger partial charge >= 0.3 is 0 Å². The third kappa shape index (κ3) is 4.83. The van der Waals surface area contributed by atoms with Gasteiger partial charge in [-0.15, -0.1) is 0 Å². The second kappa shape index (κ2) is 9.19. The highest BCUT2D eigenvalue weighted by Gasteiger charge is 2.32. The molecule has 10 heteroatoms. The molecule has 0 saturated carbocycles. The quantitative estimate of drug-likeness (QED) is 0.510. The molecule has 0 radical (unpaired) electrons. The number of fused-ring (bicyclic) bond motifs is 1. The molecule has 1 aliphatic heterocycles. The fourth-order valence-electron chi connectivity index (χ4n) is 4.06. The van der Waals surface area contributed by atoms with Gasteiger partial charge in [-0.2, -0.15) is 0 Å². The minimum atomic E-state index is -0.702. The van der Waals surface area contributed by atoms with Gasteiger partial charge in [0.25, 0.3) is 5.56 Å². The zero-order chi connectivity index (χ0) is 23.7. The first kappa shape index (κ1) is 22.7. The second-order valence-electron chi connectivity index (χ2n) is 8.12. The van der Waals surface area contributed by atoms with Crippen LogP contribution in [0.4, 0.5) is 16.0 Å². The zero-order valence-electron chi connectivity index (χ0n) is 18.3. The molecule has 0 spiro atoms. The van der Waals surface area contributed by atoms with Gasteiger partial charge in [0.05, 0.1) is 5.69 Å². The Morgan fingerprint density at radius 2 is 2.03 bits per heavy atom. The van der Waals surface area contributed by atoms with Crippen molar-refractivity contribution >= 4 is 29.1 Å². The number of aryl methyl sites for hydroxylation is 2. The summed E-state index contributed by atoms with van der Waals surface area (Å²) < 4.78 is 15.1. The molecule has 33 heavy (non-hydrogen) atoms. The predicted octanol–water partition coefficient (Wildman–Crippen LogP) is 3.05. The maximum absolute atomic E-state index is 13.7. The monoisotopic (exact) mass is 470 g/mol. The van der Waals surface area contributed by atoms with Gasteiger partial charge in [0.15, 0.2) is 11.0 Å². The molecule has 3 aromatic rings. The van der Waals surface area contributed by atoms with Crippen molar-refractivity contribution in [1.82, 2.24) is 19.9 Å². The van der Waals surface area contributed by atoms with Gasteiger partial charge in [0.1, 0.15) is 17.7 Å². The van der Waals surface area contributed by atoms with Crippen LogP contribution in [-0.4, -0.2) is 20.4 Å². The SMILES string of the molecule is Cc1cc(F)cc(CNc2nc(Cl)c3n(c2=O)C(C(=O)NCc2ccc(N)nc2C)CC3)c1. The van der Waals surface area contributed by atoms with E-state index in [1.165, 1.54) is 16.7 Å². The Morgan fingerprint density at radius 3 is 2.76 bits per heavy atom. The molecule has 0 fully saturated rings. The van der Waals surface area contributed by atoms with Crippen molar-refractivity contribution in [2.75, 3.05) is 11.1 Å². The maximum Gasteiger partial charge on any atom is 0.294 e. The minimum absolute atomic E-state index is 0.0175. The van der Waals surface area contributed by atoms with Crippen LogP contribution in [-0.2, 0) is 24.3 Å². The number of benzene rings is 1. The van der Waals surface area contributed by atoms with E-state index >= 15 is 0 Å². The van der Waals surface area contributed by atoms with Crippen molar-refractivity contribution in [1.29, 1.82) is 0 Å². The molecule has 1 aromatic carbocycles. The predicted molar refractivity (Wildman–Crippen MR) is 125 cm³/mol. The Hall–Kier alpha value is -3.46. The zero-order valence-corrected chi connectivity index (χ0v) is 19.0. The maximum atomic E-state index is 13.7. The molecule has 1 atom stereocenters. The van der Waals surface area contributed by atoms with Crippen LogP contribution >= 0.6 is 11.6 Å². The van der Waals surface area contributed by atoms with Crippen LogP contribution in [0.15, 0.2) is 35.1 Å². The van der Waals surface area contributed by atoms with Crippen LogP contribution in [0.1, 0.15) is 40.5 Å². The van der Waals surface area contributed by atoms with Crippen LogP contribution in [0.5, 0.6) is 0 Å². The highest BCUT2D eigenvalue weighted by molar-refractivity contribution is 6.30. The third-order valence-electron chi connectivity index (χ3n) is 5.66. The lowest BCUT2D eigenvalue weighted by Gasteiger charge is -2.17. The van der Waals surface area contributed by atoms with Crippen molar-refractivity contribution in [3.63, 3.8) is 0 Å². The van der Waals surface area contributed by atoms with Gasteiger partial charge in [0, 0.05) is 18.8 Å². The summed E-state index contributed by atoms with van der Waals surface area (Å²) in [6.45, 7) is 4.06. The number of nitrogens with two attached hydrogens (primary N) is 1. The smallest absolute Gasteiger partial charge is 0.294 e. The van der Waals surface area contributed by atoms with E-state index in [4.69, 9.17) is 17.3 Å². The average molecular weight is 471 g/mol. The average Bonchev–Trinajstić information content (AvgIpc) is 3.20. The summed E-state index contributed by atoms with van der Waals surface area (Å²) in [5.41, 5.74) is 8.76. The Balaban J connectivity index is 1.53. The first-order chi connectivity index (χ1) is 15.7. The molecule has 0 saturated heterocycles. The van der Waals surface area contributed by atoms with Gasteiger partial charge in [-0.05, 0) is 61.6 Å². The van der Waals surface area contributed by atoms with E-state index in [1.807, 2.05) is 19.1 Å². The molecule has 4 N–H and O–H groups in total. The number of carbonyl (C=O) groups excluding carboxylic acids is 1. The number of rotatable bonds is 6. The van der Waals surface area contributed by atoms with Crippen LogP contribution in [0.3, 0.4) is 0 Å². The second-order valence-corrected chi connectivity index (χ2v) is 8.47. The van der Waals surface area contributed by atoms with Crippen LogP contribution < -0.4 is 21.9 Å². The normalized spacial score (nSPS) is 14.7. The molecule has 0 bridgehead atoms. The molecular weight excluding hydrogens is 447 g/mol. The summed E-state index contributed by atoms with van der Waals surface area (Å²) in [7, 11) is 0. The number of nitrogens with one attached hydrogen (secondary N) is 2. The van der Waals surface area contributed by atoms with Crippen molar-refractivity contribution in [3.8, 4) is 0 Å². The Bertz CT molecular complexity index is 1270.